The molecular weight excluding hydrogens is 318 g/mol. The third-order valence-corrected chi connectivity index (χ3v) is 5.80. The SMILES string of the molecule is CNC(CSc1ccc(Cl)cc1)c1cccc2ccsc12. The molecule has 1 atom stereocenters. The quantitative estimate of drug-likeness (QED) is 0.609. The number of thioether (sulfide) groups is 1. The first-order chi connectivity index (χ1) is 10.3. The average molecular weight is 334 g/mol. The van der Waals surface area contributed by atoms with E-state index >= 15 is 0 Å². The summed E-state index contributed by atoms with van der Waals surface area (Å²) < 4.78 is 1.38. The summed E-state index contributed by atoms with van der Waals surface area (Å²) in [4.78, 5) is 1.25. The highest BCUT2D eigenvalue weighted by atomic mass is 35.5. The minimum absolute atomic E-state index is 0.341. The zero-order valence-corrected chi connectivity index (χ0v) is 14.1. The van der Waals surface area contributed by atoms with E-state index in [4.69, 9.17) is 11.6 Å². The molecule has 3 aromatic rings. The lowest BCUT2D eigenvalue weighted by Crippen LogP contribution is -2.18. The second kappa shape index (κ2) is 6.84. The molecule has 21 heavy (non-hydrogen) atoms. The molecule has 1 nitrogen and oxygen atoms in total. The predicted molar refractivity (Wildman–Crippen MR) is 95.8 cm³/mol. The molecule has 0 aliphatic heterocycles. The fourth-order valence-electron chi connectivity index (χ4n) is 2.33. The van der Waals surface area contributed by atoms with Gasteiger partial charge in [0, 0.05) is 26.4 Å². The molecule has 0 amide bonds. The molecule has 1 heterocycles. The van der Waals surface area contributed by atoms with E-state index in [1.165, 1.54) is 20.5 Å². The zero-order chi connectivity index (χ0) is 14.7. The molecule has 0 saturated carbocycles. The van der Waals surface area contributed by atoms with Gasteiger partial charge in [-0.1, -0.05) is 29.8 Å². The smallest absolute Gasteiger partial charge is 0.0427 e. The van der Waals surface area contributed by atoms with E-state index in [-0.39, 0.29) is 0 Å². The van der Waals surface area contributed by atoms with Crippen LogP contribution in [0, 0.1) is 0 Å². The highest BCUT2D eigenvalue weighted by molar-refractivity contribution is 7.99. The molecule has 0 aliphatic carbocycles. The summed E-state index contributed by atoms with van der Waals surface area (Å²) in [5, 5.41) is 7.71. The van der Waals surface area contributed by atoms with Gasteiger partial charge in [-0.25, -0.2) is 0 Å². The van der Waals surface area contributed by atoms with Gasteiger partial charge >= 0.3 is 0 Å². The van der Waals surface area contributed by atoms with Crippen LogP contribution in [0.4, 0.5) is 0 Å². The highest BCUT2D eigenvalue weighted by Crippen LogP contribution is 2.32. The topological polar surface area (TPSA) is 12.0 Å². The Morgan fingerprint density at radius 3 is 2.71 bits per heavy atom. The monoisotopic (exact) mass is 333 g/mol. The first kappa shape index (κ1) is 14.9. The number of benzene rings is 2. The lowest BCUT2D eigenvalue weighted by atomic mass is 10.1. The van der Waals surface area contributed by atoms with Crippen molar-refractivity contribution in [3.8, 4) is 0 Å². The van der Waals surface area contributed by atoms with Gasteiger partial charge in [0.25, 0.3) is 0 Å². The Morgan fingerprint density at radius 1 is 1.14 bits per heavy atom. The third kappa shape index (κ3) is 3.43. The molecule has 3 rings (SSSR count). The zero-order valence-electron chi connectivity index (χ0n) is 11.7. The second-order valence-corrected chi connectivity index (χ2v) is 7.24. The van der Waals surface area contributed by atoms with Crippen molar-refractivity contribution < 1.29 is 0 Å². The molecule has 1 aromatic heterocycles. The second-order valence-electron chi connectivity index (χ2n) is 4.79. The number of fused-ring (bicyclic) bond motifs is 1. The summed E-state index contributed by atoms with van der Waals surface area (Å²) in [6, 6.07) is 17.1. The van der Waals surface area contributed by atoms with E-state index < -0.39 is 0 Å². The van der Waals surface area contributed by atoms with Crippen LogP contribution in [0.15, 0.2) is 58.8 Å². The van der Waals surface area contributed by atoms with Crippen molar-refractivity contribution in [2.24, 2.45) is 0 Å². The van der Waals surface area contributed by atoms with Crippen molar-refractivity contribution in [3.05, 3.63) is 64.5 Å². The molecule has 2 aromatic carbocycles. The van der Waals surface area contributed by atoms with Crippen molar-refractivity contribution >= 4 is 44.8 Å². The van der Waals surface area contributed by atoms with Crippen LogP contribution in [0.1, 0.15) is 11.6 Å². The van der Waals surface area contributed by atoms with Crippen LogP contribution in [0.2, 0.25) is 5.02 Å². The van der Waals surface area contributed by atoms with Crippen LogP contribution < -0.4 is 5.32 Å². The average Bonchev–Trinajstić information content (AvgIpc) is 2.99. The standard InChI is InChI=1S/C17H16ClNS2/c1-19-16(11-21-14-7-5-13(18)6-8-14)15-4-2-3-12-9-10-20-17(12)15/h2-10,16,19H,11H2,1H3. The van der Waals surface area contributed by atoms with E-state index in [1.54, 1.807) is 0 Å². The van der Waals surface area contributed by atoms with Crippen LogP contribution in [-0.2, 0) is 0 Å². The fourth-order valence-corrected chi connectivity index (χ4v) is 4.46. The summed E-state index contributed by atoms with van der Waals surface area (Å²) >= 11 is 9.60. The Balaban J connectivity index is 1.79. The lowest BCUT2D eigenvalue weighted by molar-refractivity contribution is 0.667. The van der Waals surface area contributed by atoms with Gasteiger partial charge in [-0.2, -0.15) is 0 Å². The van der Waals surface area contributed by atoms with Gasteiger partial charge in [-0.3, -0.25) is 0 Å². The summed E-state index contributed by atoms with van der Waals surface area (Å²) in [5.74, 6) is 0.995. The van der Waals surface area contributed by atoms with Gasteiger partial charge in [0.05, 0.1) is 0 Å². The first-order valence-corrected chi connectivity index (χ1v) is 9.04. The number of hydrogen-bond donors (Lipinski definition) is 1. The van der Waals surface area contributed by atoms with E-state index in [9.17, 15) is 0 Å². The predicted octanol–water partition coefficient (Wildman–Crippen LogP) is 5.61. The number of hydrogen-bond acceptors (Lipinski definition) is 3. The number of thiophene rings is 1. The van der Waals surface area contributed by atoms with Crippen molar-refractivity contribution in [1.29, 1.82) is 0 Å². The van der Waals surface area contributed by atoms with Gasteiger partial charge in [0.2, 0.25) is 0 Å². The first-order valence-electron chi connectivity index (χ1n) is 6.79. The Kier molecular flexibility index (Phi) is 4.86. The van der Waals surface area contributed by atoms with Crippen molar-refractivity contribution in [1.82, 2.24) is 5.32 Å². The maximum absolute atomic E-state index is 5.93. The Hall–Kier alpha value is -1.00. The van der Waals surface area contributed by atoms with Crippen LogP contribution in [0.5, 0.6) is 0 Å². The maximum atomic E-state index is 5.93. The van der Waals surface area contributed by atoms with Gasteiger partial charge < -0.3 is 5.32 Å². The molecule has 4 heteroatoms. The van der Waals surface area contributed by atoms with Crippen molar-refractivity contribution in [2.75, 3.05) is 12.8 Å². The van der Waals surface area contributed by atoms with E-state index in [0.717, 1.165) is 10.8 Å². The molecular formula is C17H16ClNS2. The maximum Gasteiger partial charge on any atom is 0.0427 e. The van der Waals surface area contributed by atoms with Gasteiger partial charge in [0.15, 0.2) is 0 Å². The van der Waals surface area contributed by atoms with Gasteiger partial charge in [-0.05, 0) is 53.7 Å². The normalized spacial score (nSPS) is 12.7. The molecule has 0 saturated heterocycles. The summed E-state index contributed by atoms with van der Waals surface area (Å²) in [6.45, 7) is 0. The number of halogens is 1. The minimum atomic E-state index is 0.341. The van der Waals surface area contributed by atoms with Gasteiger partial charge in [0.1, 0.15) is 0 Å². The molecule has 0 radical (unpaired) electrons. The molecule has 0 aliphatic rings. The van der Waals surface area contributed by atoms with Gasteiger partial charge in [-0.15, -0.1) is 23.1 Å². The van der Waals surface area contributed by atoms with Crippen LogP contribution in [0.3, 0.4) is 0 Å². The number of nitrogens with one attached hydrogen (secondary N) is 1. The molecule has 0 fully saturated rings. The summed E-state index contributed by atoms with van der Waals surface area (Å²) in [7, 11) is 2.03. The highest BCUT2D eigenvalue weighted by Gasteiger charge is 2.13. The van der Waals surface area contributed by atoms with Crippen LogP contribution in [-0.4, -0.2) is 12.8 Å². The van der Waals surface area contributed by atoms with Crippen molar-refractivity contribution in [2.45, 2.75) is 10.9 Å². The van der Waals surface area contributed by atoms with E-state index in [0.29, 0.717) is 6.04 Å². The lowest BCUT2D eigenvalue weighted by Gasteiger charge is -2.17. The Morgan fingerprint density at radius 2 is 1.95 bits per heavy atom. The molecule has 1 unspecified atom stereocenters. The fraction of sp³-hybridized carbons (Fsp3) is 0.176. The molecule has 0 bridgehead atoms. The molecule has 108 valence electrons. The van der Waals surface area contributed by atoms with E-state index in [1.807, 2.05) is 42.3 Å². The number of rotatable bonds is 5. The van der Waals surface area contributed by atoms with Crippen LogP contribution >= 0.6 is 34.7 Å². The molecule has 0 spiro atoms. The summed E-state index contributed by atoms with van der Waals surface area (Å²) in [5.41, 5.74) is 1.38. The molecule has 1 N–H and O–H groups in total. The Labute approximate surface area is 138 Å². The van der Waals surface area contributed by atoms with Crippen molar-refractivity contribution in [3.63, 3.8) is 0 Å². The minimum Gasteiger partial charge on any atom is -0.312 e. The largest absolute Gasteiger partial charge is 0.312 e. The summed E-state index contributed by atoms with van der Waals surface area (Å²) in [6.07, 6.45) is 0. The van der Waals surface area contributed by atoms with E-state index in [2.05, 4.69) is 47.1 Å². The third-order valence-electron chi connectivity index (χ3n) is 3.46. The Bertz CT molecular complexity index is 721. The van der Waals surface area contributed by atoms with Crippen LogP contribution in [0.25, 0.3) is 10.1 Å².